The first-order valence-electron chi connectivity index (χ1n) is 10.5. The maximum absolute atomic E-state index is 12.8. The number of benzene rings is 2. The number of hydrogen-bond donors (Lipinski definition) is 1. The van der Waals surface area contributed by atoms with E-state index in [0.717, 1.165) is 22.4 Å². The number of piperazine rings is 1. The monoisotopic (exact) mass is 447 g/mol. The van der Waals surface area contributed by atoms with E-state index in [2.05, 4.69) is 20.7 Å². The molecule has 0 spiro atoms. The number of amides is 2. The highest BCUT2D eigenvalue weighted by atomic mass is 35.5. The molecule has 32 heavy (non-hydrogen) atoms. The molecule has 0 radical (unpaired) electrons. The molecular weight excluding hydrogens is 426 g/mol. The van der Waals surface area contributed by atoms with Crippen LogP contribution in [0.4, 0.5) is 16.3 Å². The van der Waals surface area contributed by atoms with Gasteiger partial charge in [-0.2, -0.15) is 0 Å². The fourth-order valence-corrected chi connectivity index (χ4v) is 4.27. The van der Waals surface area contributed by atoms with Crippen molar-refractivity contribution in [2.45, 2.75) is 6.92 Å². The number of hydrogen-bond acceptors (Lipinski definition) is 4. The fourth-order valence-electron chi connectivity index (χ4n) is 4.11. The van der Waals surface area contributed by atoms with Gasteiger partial charge in [0.15, 0.2) is 11.6 Å². The van der Waals surface area contributed by atoms with E-state index in [-0.39, 0.29) is 11.8 Å². The summed E-state index contributed by atoms with van der Waals surface area (Å²) in [4.78, 5) is 33.2. The Bertz CT molecular complexity index is 1340. The van der Waals surface area contributed by atoms with Crippen molar-refractivity contribution in [3.8, 4) is 0 Å². The van der Waals surface area contributed by atoms with E-state index in [0.29, 0.717) is 42.5 Å². The van der Waals surface area contributed by atoms with Gasteiger partial charge < -0.3 is 19.5 Å². The number of aromatic nitrogens is 2. The van der Waals surface area contributed by atoms with Crippen molar-refractivity contribution in [2.75, 3.05) is 36.4 Å². The molecule has 0 unspecified atom stereocenters. The number of carbonyl (C=O) groups is 2. The van der Waals surface area contributed by atoms with Crippen LogP contribution in [-0.4, -0.2) is 52.3 Å². The minimum Gasteiger partial charge on any atom is -0.351 e. The molecule has 2 amide bonds. The fraction of sp³-hybridized carbons (Fsp3) is 0.208. The highest BCUT2D eigenvalue weighted by molar-refractivity contribution is 6.31. The van der Waals surface area contributed by atoms with Crippen molar-refractivity contribution in [2.24, 2.45) is 0 Å². The van der Waals surface area contributed by atoms with Crippen LogP contribution in [-0.2, 0) is 0 Å². The lowest BCUT2D eigenvalue weighted by atomic mass is 10.1. The zero-order valence-corrected chi connectivity index (χ0v) is 18.3. The number of carbonyl (C=O) groups excluding carboxylic acids is 2. The van der Waals surface area contributed by atoms with Crippen molar-refractivity contribution >= 4 is 51.5 Å². The molecule has 1 aliphatic heterocycles. The highest BCUT2D eigenvalue weighted by Crippen LogP contribution is 2.28. The first-order chi connectivity index (χ1) is 15.5. The molecule has 0 atom stereocenters. The van der Waals surface area contributed by atoms with Gasteiger partial charge in [-0.15, -0.1) is 0 Å². The van der Waals surface area contributed by atoms with Crippen LogP contribution in [0, 0.1) is 0 Å². The number of ketones is 1. The van der Waals surface area contributed by atoms with Crippen LogP contribution in [0.2, 0.25) is 5.02 Å². The van der Waals surface area contributed by atoms with Gasteiger partial charge in [0.05, 0.1) is 16.6 Å². The van der Waals surface area contributed by atoms with Crippen molar-refractivity contribution < 1.29 is 9.59 Å². The Morgan fingerprint density at radius 1 is 0.969 bits per heavy atom. The second-order valence-electron chi connectivity index (χ2n) is 7.87. The number of fused-ring (bicyclic) bond motifs is 3. The van der Waals surface area contributed by atoms with Crippen LogP contribution in [0.5, 0.6) is 0 Å². The van der Waals surface area contributed by atoms with Crippen molar-refractivity contribution in [3.63, 3.8) is 0 Å². The highest BCUT2D eigenvalue weighted by Gasteiger charge is 2.24. The van der Waals surface area contributed by atoms with E-state index in [9.17, 15) is 9.59 Å². The van der Waals surface area contributed by atoms with E-state index in [1.54, 1.807) is 29.2 Å². The lowest BCUT2D eigenvalue weighted by Gasteiger charge is -2.35. The molecule has 7 nitrogen and oxygen atoms in total. The summed E-state index contributed by atoms with van der Waals surface area (Å²) in [7, 11) is 0. The minimum absolute atomic E-state index is 0.0319. The van der Waals surface area contributed by atoms with Crippen molar-refractivity contribution in [1.29, 1.82) is 0 Å². The smallest absolute Gasteiger partial charge is 0.321 e. The molecule has 1 fully saturated rings. The molecule has 4 aromatic rings. The van der Waals surface area contributed by atoms with Crippen LogP contribution in [0.15, 0.2) is 60.8 Å². The number of nitrogens with zero attached hydrogens (tertiary/aromatic N) is 4. The number of halogens is 1. The van der Waals surface area contributed by atoms with Gasteiger partial charge in [0.1, 0.15) is 0 Å². The summed E-state index contributed by atoms with van der Waals surface area (Å²) in [6, 6.07) is 16.6. The molecule has 2 aromatic carbocycles. The van der Waals surface area contributed by atoms with Crippen LogP contribution >= 0.6 is 11.6 Å². The molecule has 1 N–H and O–H groups in total. The summed E-state index contributed by atoms with van der Waals surface area (Å²) in [6.07, 6.45) is 2.02. The van der Waals surface area contributed by atoms with Gasteiger partial charge in [0.2, 0.25) is 0 Å². The topological polar surface area (TPSA) is 70.0 Å². The normalized spacial score (nSPS) is 14.2. The summed E-state index contributed by atoms with van der Waals surface area (Å²) in [5.74, 6) is 0.856. The number of Topliss-reactive ketones (excluding diaryl/α,β-unsaturated/α-hetero) is 1. The first-order valence-corrected chi connectivity index (χ1v) is 10.9. The standard InChI is InChI=1S/C24H22ClN5O2/c1-16(31)17-4-2-5-19(14-17)26-24(32)29-12-10-28(11-13-29)23-22-6-3-9-30(22)21-8-7-18(25)15-20(21)27-23/h2-9,14-15H,10-13H2,1H3,(H,26,32). The maximum atomic E-state index is 12.8. The molecule has 2 aromatic heterocycles. The molecule has 162 valence electrons. The summed E-state index contributed by atoms with van der Waals surface area (Å²) in [5, 5.41) is 3.55. The average molecular weight is 448 g/mol. The lowest BCUT2D eigenvalue weighted by Crippen LogP contribution is -2.50. The zero-order valence-electron chi connectivity index (χ0n) is 17.6. The number of urea groups is 1. The molecule has 1 aliphatic rings. The van der Waals surface area contributed by atoms with Gasteiger partial charge in [-0.3, -0.25) is 4.79 Å². The number of anilines is 2. The summed E-state index contributed by atoms with van der Waals surface area (Å²) >= 11 is 6.20. The Hall–Kier alpha value is -3.58. The zero-order chi connectivity index (χ0) is 22.2. The molecule has 0 saturated carbocycles. The van der Waals surface area contributed by atoms with Crippen molar-refractivity contribution in [3.05, 3.63) is 71.4 Å². The molecule has 5 rings (SSSR count). The van der Waals surface area contributed by atoms with Gasteiger partial charge in [-0.25, -0.2) is 9.78 Å². The molecule has 0 aliphatic carbocycles. The summed E-state index contributed by atoms with van der Waals surface area (Å²) in [6.45, 7) is 3.99. The molecule has 3 heterocycles. The molecular formula is C24H22ClN5O2. The molecule has 1 saturated heterocycles. The average Bonchev–Trinajstić information content (AvgIpc) is 3.28. The van der Waals surface area contributed by atoms with E-state index in [1.807, 2.05) is 30.5 Å². The third kappa shape index (κ3) is 3.76. The maximum Gasteiger partial charge on any atom is 0.321 e. The van der Waals surface area contributed by atoms with Gasteiger partial charge >= 0.3 is 6.03 Å². The van der Waals surface area contributed by atoms with Crippen LogP contribution in [0.3, 0.4) is 0 Å². The number of rotatable bonds is 3. The van der Waals surface area contributed by atoms with Crippen LogP contribution in [0.1, 0.15) is 17.3 Å². The Kier molecular flexibility index (Phi) is 5.19. The first kappa shape index (κ1) is 20.3. The SMILES string of the molecule is CC(=O)c1cccc(NC(=O)N2CCN(c3nc4cc(Cl)ccc4n4cccc34)CC2)c1. The molecule has 8 heteroatoms. The minimum atomic E-state index is -0.170. The Balaban J connectivity index is 1.33. The second-order valence-corrected chi connectivity index (χ2v) is 8.31. The third-order valence-electron chi connectivity index (χ3n) is 5.79. The second kappa shape index (κ2) is 8.16. The Morgan fingerprint density at radius 2 is 1.78 bits per heavy atom. The van der Waals surface area contributed by atoms with E-state index in [1.165, 1.54) is 6.92 Å². The lowest BCUT2D eigenvalue weighted by molar-refractivity contribution is 0.101. The third-order valence-corrected chi connectivity index (χ3v) is 6.02. The number of nitrogens with one attached hydrogen (secondary N) is 1. The van der Waals surface area contributed by atoms with Gasteiger partial charge in [-0.1, -0.05) is 23.7 Å². The van der Waals surface area contributed by atoms with Gasteiger partial charge in [-0.05, 0) is 49.4 Å². The quantitative estimate of drug-likeness (QED) is 0.462. The summed E-state index contributed by atoms with van der Waals surface area (Å²) in [5.41, 5.74) is 4.06. The van der Waals surface area contributed by atoms with Crippen LogP contribution in [0.25, 0.3) is 16.6 Å². The molecule has 0 bridgehead atoms. The van der Waals surface area contributed by atoms with E-state index in [4.69, 9.17) is 16.6 Å². The van der Waals surface area contributed by atoms with E-state index < -0.39 is 0 Å². The van der Waals surface area contributed by atoms with E-state index >= 15 is 0 Å². The van der Waals surface area contributed by atoms with Crippen molar-refractivity contribution in [1.82, 2.24) is 14.3 Å². The largest absolute Gasteiger partial charge is 0.351 e. The summed E-state index contributed by atoms with van der Waals surface area (Å²) < 4.78 is 2.12. The van der Waals surface area contributed by atoms with Gasteiger partial charge in [0.25, 0.3) is 0 Å². The Morgan fingerprint density at radius 3 is 2.56 bits per heavy atom. The Labute approximate surface area is 190 Å². The predicted molar refractivity (Wildman–Crippen MR) is 127 cm³/mol. The predicted octanol–water partition coefficient (Wildman–Crippen LogP) is 4.70. The van der Waals surface area contributed by atoms with Crippen LogP contribution < -0.4 is 10.2 Å². The van der Waals surface area contributed by atoms with Gasteiger partial charge in [0, 0.05) is 48.6 Å².